The molecular formula is C11H19NO2S. The number of hydrogen-bond acceptors (Lipinski definition) is 4. The average Bonchev–Trinajstić information content (AvgIpc) is 2.61. The molecule has 0 bridgehead atoms. The minimum Gasteiger partial charge on any atom is -0.448 e. The van der Waals surface area contributed by atoms with Gasteiger partial charge in [-0.25, -0.2) is 4.98 Å². The molecule has 1 rings (SSSR count). The predicted octanol–water partition coefficient (Wildman–Crippen LogP) is 2.59. The minimum atomic E-state index is 0.0367. The van der Waals surface area contributed by atoms with E-state index in [1.165, 1.54) is 0 Å². The Morgan fingerprint density at radius 1 is 1.53 bits per heavy atom. The Bertz CT molecular complexity index is 304. The minimum absolute atomic E-state index is 0.0367. The van der Waals surface area contributed by atoms with E-state index in [1.807, 2.05) is 6.92 Å². The van der Waals surface area contributed by atoms with Gasteiger partial charge in [0.1, 0.15) is 6.26 Å². The fourth-order valence-corrected chi connectivity index (χ4v) is 1.65. The number of aliphatic hydroxyl groups is 1. The maximum Gasteiger partial charge on any atom is 0.204 e. The number of nitrogens with zero attached hydrogens (tertiary/aromatic N) is 1. The van der Waals surface area contributed by atoms with Crippen LogP contribution < -0.4 is 0 Å². The van der Waals surface area contributed by atoms with E-state index in [9.17, 15) is 0 Å². The fraction of sp³-hybridized carbons (Fsp3) is 0.727. The first kappa shape index (κ1) is 12.6. The zero-order valence-corrected chi connectivity index (χ0v) is 10.6. The van der Waals surface area contributed by atoms with Gasteiger partial charge in [0.05, 0.1) is 18.1 Å². The third-order valence-electron chi connectivity index (χ3n) is 2.07. The van der Waals surface area contributed by atoms with Crippen molar-refractivity contribution < 1.29 is 9.52 Å². The van der Waals surface area contributed by atoms with Crippen LogP contribution in [0.4, 0.5) is 0 Å². The highest BCUT2D eigenvalue weighted by Gasteiger charge is 2.18. The van der Waals surface area contributed by atoms with Gasteiger partial charge in [0.2, 0.25) is 5.89 Å². The molecule has 86 valence electrons. The van der Waals surface area contributed by atoms with Gasteiger partial charge in [0.15, 0.2) is 0 Å². The van der Waals surface area contributed by atoms with Crippen LogP contribution in [0.5, 0.6) is 0 Å². The summed E-state index contributed by atoms with van der Waals surface area (Å²) in [6.45, 7) is 8.50. The Hall–Kier alpha value is -0.480. The molecule has 1 aromatic heterocycles. The molecule has 0 aliphatic rings. The standard InChI is InChI=1S/C11H19NO2S/c1-8(5-13)15-7-10-12-9(6-14-10)11(2,3)4/h6,8,13H,5,7H2,1-4H3. The lowest BCUT2D eigenvalue weighted by Crippen LogP contribution is -2.11. The van der Waals surface area contributed by atoms with Crippen molar-refractivity contribution in [1.29, 1.82) is 0 Å². The Kier molecular flexibility index (Phi) is 4.22. The smallest absolute Gasteiger partial charge is 0.204 e. The largest absolute Gasteiger partial charge is 0.448 e. The van der Waals surface area contributed by atoms with Crippen molar-refractivity contribution in [2.45, 2.75) is 44.1 Å². The number of thioether (sulfide) groups is 1. The van der Waals surface area contributed by atoms with Gasteiger partial charge in [-0.2, -0.15) is 0 Å². The molecule has 0 radical (unpaired) electrons. The SMILES string of the molecule is CC(CO)SCc1nc(C(C)(C)C)co1. The van der Waals surface area contributed by atoms with Gasteiger partial charge < -0.3 is 9.52 Å². The highest BCUT2D eigenvalue weighted by Crippen LogP contribution is 2.23. The first-order chi connectivity index (χ1) is 6.93. The molecule has 0 saturated heterocycles. The molecular weight excluding hydrogens is 210 g/mol. The first-order valence-electron chi connectivity index (χ1n) is 5.11. The Morgan fingerprint density at radius 3 is 2.67 bits per heavy atom. The van der Waals surface area contributed by atoms with Crippen molar-refractivity contribution in [3.8, 4) is 0 Å². The second-order valence-electron chi connectivity index (χ2n) is 4.68. The molecule has 0 amide bonds. The maximum atomic E-state index is 8.88. The van der Waals surface area contributed by atoms with Crippen LogP contribution >= 0.6 is 11.8 Å². The van der Waals surface area contributed by atoms with E-state index in [0.29, 0.717) is 0 Å². The van der Waals surface area contributed by atoms with Gasteiger partial charge in [0.25, 0.3) is 0 Å². The van der Waals surface area contributed by atoms with Crippen molar-refractivity contribution in [1.82, 2.24) is 4.98 Å². The molecule has 0 aromatic carbocycles. The number of oxazole rings is 1. The molecule has 0 fully saturated rings. The van der Waals surface area contributed by atoms with Crippen molar-refractivity contribution >= 4 is 11.8 Å². The quantitative estimate of drug-likeness (QED) is 0.862. The van der Waals surface area contributed by atoms with E-state index in [4.69, 9.17) is 9.52 Å². The fourth-order valence-electron chi connectivity index (χ4n) is 0.988. The van der Waals surface area contributed by atoms with Gasteiger partial charge in [-0.05, 0) is 0 Å². The molecule has 1 heterocycles. The summed E-state index contributed by atoms with van der Waals surface area (Å²) >= 11 is 1.65. The summed E-state index contributed by atoms with van der Waals surface area (Å²) in [5.74, 6) is 1.46. The second-order valence-corrected chi connectivity index (χ2v) is 6.11. The van der Waals surface area contributed by atoms with Gasteiger partial charge >= 0.3 is 0 Å². The van der Waals surface area contributed by atoms with E-state index in [0.717, 1.165) is 17.3 Å². The lowest BCUT2D eigenvalue weighted by Gasteiger charge is -2.13. The normalized spacial score (nSPS) is 14.2. The number of aliphatic hydroxyl groups excluding tert-OH is 1. The molecule has 0 aliphatic carbocycles. The van der Waals surface area contributed by atoms with Crippen LogP contribution in [0, 0.1) is 0 Å². The molecule has 1 N–H and O–H groups in total. The second kappa shape index (κ2) is 5.03. The molecule has 0 saturated carbocycles. The van der Waals surface area contributed by atoms with Crippen LogP contribution in [0.15, 0.2) is 10.7 Å². The zero-order chi connectivity index (χ0) is 11.5. The van der Waals surface area contributed by atoms with E-state index in [1.54, 1.807) is 18.0 Å². The van der Waals surface area contributed by atoms with Gasteiger partial charge in [-0.15, -0.1) is 11.8 Å². The van der Waals surface area contributed by atoms with E-state index in [2.05, 4.69) is 25.8 Å². The molecule has 15 heavy (non-hydrogen) atoms. The zero-order valence-electron chi connectivity index (χ0n) is 9.78. The topological polar surface area (TPSA) is 46.3 Å². The van der Waals surface area contributed by atoms with E-state index in [-0.39, 0.29) is 17.3 Å². The Labute approximate surface area is 95.3 Å². The lowest BCUT2D eigenvalue weighted by atomic mass is 9.93. The molecule has 0 spiro atoms. The maximum absolute atomic E-state index is 8.88. The molecule has 1 unspecified atom stereocenters. The summed E-state index contributed by atoms with van der Waals surface area (Å²) in [6.07, 6.45) is 1.72. The summed E-state index contributed by atoms with van der Waals surface area (Å²) in [4.78, 5) is 4.42. The van der Waals surface area contributed by atoms with Crippen LogP contribution in [0.25, 0.3) is 0 Å². The number of hydrogen-bond donors (Lipinski definition) is 1. The molecule has 3 nitrogen and oxygen atoms in total. The molecule has 1 atom stereocenters. The summed E-state index contributed by atoms with van der Waals surface area (Å²) in [5.41, 5.74) is 1.02. The van der Waals surface area contributed by atoms with Gasteiger partial charge in [0, 0.05) is 10.7 Å². The molecule has 4 heteroatoms. The molecule has 1 aromatic rings. The highest BCUT2D eigenvalue weighted by molar-refractivity contribution is 7.99. The summed E-state index contributed by atoms with van der Waals surface area (Å²) < 4.78 is 5.37. The Morgan fingerprint density at radius 2 is 2.20 bits per heavy atom. The van der Waals surface area contributed by atoms with Crippen LogP contribution in [0.2, 0.25) is 0 Å². The highest BCUT2D eigenvalue weighted by atomic mass is 32.2. The van der Waals surface area contributed by atoms with Gasteiger partial charge in [-0.3, -0.25) is 0 Å². The van der Waals surface area contributed by atoms with Crippen molar-refractivity contribution in [3.05, 3.63) is 17.8 Å². The predicted molar refractivity (Wildman–Crippen MR) is 63.0 cm³/mol. The van der Waals surface area contributed by atoms with Crippen LogP contribution in [-0.4, -0.2) is 21.9 Å². The van der Waals surface area contributed by atoms with Crippen LogP contribution in [0.1, 0.15) is 39.3 Å². The number of rotatable bonds is 4. The summed E-state index contributed by atoms with van der Waals surface area (Å²) in [7, 11) is 0. The monoisotopic (exact) mass is 229 g/mol. The third kappa shape index (κ3) is 3.87. The van der Waals surface area contributed by atoms with Crippen molar-refractivity contribution in [3.63, 3.8) is 0 Å². The summed E-state index contributed by atoms with van der Waals surface area (Å²) in [6, 6.07) is 0. The number of aromatic nitrogens is 1. The Balaban J connectivity index is 2.54. The van der Waals surface area contributed by atoms with Crippen LogP contribution in [-0.2, 0) is 11.2 Å². The van der Waals surface area contributed by atoms with E-state index < -0.39 is 0 Å². The molecule has 0 aliphatic heterocycles. The van der Waals surface area contributed by atoms with Crippen molar-refractivity contribution in [2.24, 2.45) is 0 Å². The van der Waals surface area contributed by atoms with Gasteiger partial charge in [-0.1, -0.05) is 27.7 Å². The van der Waals surface area contributed by atoms with Crippen molar-refractivity contribution in [2.75, 3.05) is 6.61 Å². The van der Waals surface area contributed by atoms with Crippen LogP contribution in [0.3, 0.4) is 0 Å². The summed E-state index contributed by atoms with van der Waals surface area (Å²) in [5, 5.41) is 9.11. The third-order valence-corrected chi connectivity index (χ3v) is 3.20. The first-order valence-corrected chi connectivity index (χ1v) is 6.15. The lowest BCUT2D eigenvalue weighted by molar-refractivity contribution is 0.300. The van der Waals surface area contributed by atoms with E-state index >= 15 is 0 Å². The average molecular weight is 229 g/mol.